The molecular weight excluding hydrogens is 441 g/mol. The fraction of sp³-hybridized carbons (Fsp3) is 0.278. The number of nitrogens with zero attached hydrogens (tertiary/aromatic N) is 3. The first-order valence-electron chi connectivity index (χ1n) is 8.72. The highest BCUT2D eigenvalue weighted by Crippen LogP contribution is 2.28. The molecule has 0 unspecified atom stereocenters. The lowest BCUT2D eigenvalue weighted by molar-refractivity contribution is -0.385. The van der Waals surface area contributed by atoms with E-state index in [1.165, 1.54) is 28.4 Å². The molecule has 1 aliphatic rings. The minimum Gasteiger partial charge on any atom is -0.490 e. The van der Waals surface area contributed by atoms with Crippen LogP contribution in [-0.4, -0.2) is 61.7 Å². The van der Waals surface area contributed by atoms with Gasteiger partial charge in [0.1, 0.15) is 5.82 Å². The summed E-state index contributed by atoms with van der Waals surface area (Å²) in [6, 6.07) is 7.03. The van der Waals surface area contributed by atoms with Crippen molar-refractivity contribution >= 4 is 33.2 Å². The largest absolute Gasteiger partial charge is 0.490 e. The molecule has 2 aromatic carbocycles. The summed E-state index contributed by atoms with van der Waals surface area (Å²) in [5.74, 6) is -1.15. The predicted molar refractivity (Wildman–Crippen MR) is 106 cm³/mol. The van der Waals surface area contributed by atoms with Crippen LogP contribution in [0.1, 0.15) is 10.4 Å². The third-order valence-corrected chi connectivity index (χ3v) is 6.86. The zero-order chi connectivity index (χ0) is 22.1. The number of methoxy groups -OCH3 is 1. The van der Waals surface area contributed by atoms with Gasteiger partial charge < -0.3 is 9.64 Å². The molecule has 1 aliphatic heterocycles. The molecule has 0 saturated carbocycles. The van der Waals surface area contributed by atoms with E-state index in [0.29, 0.717) is 0 Å². The van der Waals surface area contributed by atoms with Crippen molar-refractivity contribution in [2.24, 2.45) is 0 Å². The van der Waals surface area contributed by atoms with Gasteiger partial charge in [-0.05, 0) is 30.3 Å². The van der Waals surface area contributed by atoms with Crippen molar-refractivity contribution in [3.8, 4) is 5.75 Å². The van der Waals surface area contributed by atoms with Gasteiger partial charge in [0.2, 0.25) is 10.0 Å². The van der Waals surface area contributed by atoms with E-state index in [0.717, 1.165) is 24.3 Å². The van der Waals surface area contributed by atoms with E-state index in [9.17, 15) is 27.7 Å². The molecule has 0 spiro atoms. The van der Waals surface area contributed by atoms with Gasteiger partial charge in [0.15, 0.2) is 5.75 Å². The van der Waals surface area contributed by atoms with Gasteiger partial charge in [0.25, 0.3) is 5.91 Å². The first kappa shape index (κ1) is 21.9. The van der Waals surface area contributed by atoms with Crippen molar-refractivity contribution in [2.75, 3.05) is 33.3 Å². The third-order valence-electron chi connectivity index (χ3n) is 4.68. The molecular formula is C18H17ClFN3O6S. The van der Waals surface area contributed by atoms with Crippen LogP contribution >= 0.6 is 11.6 Å². The molecule has 0 N–H and O–H groups in total. The molecule has 1 saturated heterocycles. The van der Waals surface area contributed by atoms with Crippen LogP contribution in [0.2, 0.25) is 5.02 Å². The summed E-state index contributed by atoms with van der Waals surface area (Å²) in [4.78, 5) is 24.5. The molecule has 0 aliphatic carbocycles. The van der Waals surface area contributed by atoms with Crippen molar-refractivity contribution in [3.05, 3.63) is 62.9 Å². The Morgan fingerprint density at radius 3 is 2.40 bits per heavy atom. The number of benzene rings is 2. The number of piperazine rings is 1. The first-order valence-corrected chi connectivity index (χ1v) is 10.5. The van der Waals surface area contributed by atoms with Crippen LogP contribution in [0.15, 0.2) is 41.3 Å². The maximum absolute atomic E-state index is 13.3. The van der Waals surface area contributed by atoms with Crippen LogP contribution in [0.5, 0.6) is 5.75 Å². The molecule has 0 bridgehead atoms. The molecule has 160 valence electrons. The second kappa shape index (κ2) is 8.54. The summed E-state index contributed by atoms with van der Waals surface area (Å²) in [5, 5.41) is 10.9. The Bertz CT molecular complexity index is 1100. The fourth-order valence-electron chi connectivity index (χ4n) is 3.07. The molecule has 30 heavy (non-hydrogen) atoms. The van der Waals surface area contributed by atoms with Crippen LogP contribution in [-0.2, 0) is 10.0 Å². The van der Waals surface area contributed by atoms with Gasteiger partial charge >= 0.3 is 5.69 Å². The van der Waals surface area contributed by atoms with Gasteiger partial charge in [-0.3, -0.25) is 14.9 Å². The monoisotopic (exact) mass is 457 g/mol. The topological polar surface area (TPSA) is 110 Å². The molecule has 2 aromatic rings. The Kier molecular flexibility index (Phi) is 6.25. The van der Waals surface area contributed by atoms with Gasteiger partial charge in [0.05, 0.1) is 22.0 Å². The van der Waals surface area contributed by atoms with Crippen LogP contribution in [0.3, 0.4) is 0 Å². The Morgan fingerprint density at radius 2 is 1.83 bits per heavy atom. The van der Waals surface area contributed by atoms with Crippen LogP contribution in [0.25, 0.3) is 0 Å². The molecule has 1 heterocycles. The zero-order valence-corrected chi connectivity index (χ0v) is 17.3. The number of carbonyl (C=O) groups excluding carboxylic acids is 1. The molecule has 12 heteroatoms. The number of sulfonamides is 1. The molecule has 3 rings (SSSR count). The molecule has 0 aromatic heterocycles. The van der Waals surface area contributed by atoms with Gasteiger partial charge in [-0.2, -0.15) is 4.31 Å². The lowest BCUT2D eigenvalue weighted by Crippen LogP contribution is -2.50. The highest BCUT2D eigenvalue weighted by Gasteiger charge is 2.31. The second-order valence-electron chi connectivity index (χ2n) is 6.42. The molecule has 9 nitrogen and oxygen atoms in total. The Balaban J connectivity index is 1.73. The number of nitro benzene ring substituents is 1. The number of hydrogen-bond acceptors (Lipinski definition) is 6. The normalized spacial score (nSPS) is 15.1. The molecule has 0 radical (unpaired) electrons. The standard InChI is InChI=1S/C18H17ClFN3O6S/c1-29-17-5-2-12(10-16(17)23(25)26)18(24)21-6-8-22(9-7-21)30(27,28)13-3-4-15(20)14(19)11-13/h2-5,10-11H,6-9H2,1H3. The Hall–Kier alpha value is -2.76. The fourth-order valence-corrected chi connectivity index (χ4v) is 4.76. The molecule has 1 fully saturated rings. The summed E-state index contributed by atoms with van der Waals surface area (Å²) >= 11 is 5.68. The number of ether oxygens (including phenoxy) is 1. The lowest BCUT2D eigenvalue weighted by Gasteiger charge is -2.34. The van der Waals surface area contributed by atoms with Crippen molar-refractivity contribution in [1.29, 1.82) is 0 Å². The number of nitro groups is 1. The highest BCUT2D eigenvalue weighted by atomic mass is 35.5. The third kappa shape index (κ3) is 4.23. The van der Waals surface area contributed by atoms with E-state index in [1.54, 1.807) is 0 Å². The number of rotatable bonds is 5. The summed E-state index contributed by atoms with van der Waals surface area (Å²) in [6.07, 6.45) is 0. The Morgan fingerprint density at radius 1 is 1.17 bits per heavy atom. The molecule has 1 amide bonds. The van der Waals surface area contributed by atoms with Crippen molar-refractivity contribution < 1.29 is 27.3 Å². The maximum Gasteiger partial charge on any atom is 0.311 e. The predicted octanol–water partition coefficient (Wildman–Crippen LogP) is 2.54. The zero-order valence-electron chi connectivity index (χ0n) is 15.7. The SMILES string of the molecule is COc1ccc(C(=O)N2CCN(S(=O)(=O)c3ccc(F)c(Cl)c3)CC2)cc1[N+](=O)[O-]. The number of hydrogen-bond donors (Lipinski definition) is 0. The lowest BCUT2D eigenvalue weighted by atomic mass is 10.1. The number of carbonyl (C=O) groups is 1. The summed E-state index contributed by atoms with van der Waals surface area (Å²) in [5.41, 5.74) is -0.234. The van der Waals surface area contributed by atoms with Crippen LogP contribution in [0, 0.1) is 15.9 Å². The average molecular weight is 458 g/mol. The van der Waals surface area contributed by atoms with Crippen molar-refractivity contribution in [1.82, 2.24) is 9.21 Å². The quantitative estimate of drug-likeness (QED) is 0.504. The van der Waals surface area contributed by atoms with Crippen LogP contribution in [0.4, 0.5) is 10.1 Å². The first-order chi connectivity index (χ1) is 14.1. The van der Waals surface area contributed by atoms with Gasteiger partial charge in [-0.15, -0.1) is 0 Å². The highest BCUT2D eigenvalue weighted by molar-refractivity contribution is 7.89. The van der Waals surface area contributed by atoms with E-state index in [2.05, 4.69) is 0 Å². The van der Waals surface area contributed by atoms with Crippen molar-refractivity contribution in [2.45, 2.75) is 4.90 Å². The second-order valence-corrected chi connectivity index (χ2v) is 8.76. The smallest absolute Gasteiger partial charge is 0.311 e. The van der Waals surface area contributed by atoms with E-state index < -0.39 is 26.7 Å². The van der Waals surface area contributed by atoms with Crippen LogP contribution < -0.4 is 4.74 Å². The van der Waals surface area contributed by atoms with Gasteiger partial charge in [-0.1, -0.05) is 11.6 Å². The van der Waals surface area contributed by atoms with Crippen molar-refractivity contribution in [3.63, 3.8) is 0 Å². The molecule has 0 atom stereocenters. The summed E-state index contributed by atoms with van der Waals surface area (Å²) in [7, 11) is -2.61. The number of halogens is 2. The minimum absolute atomic E-state index is 0.0152. The summed E-state index contributed by atoms with van der Waals surface area (Å²) < 4.78 is 44.9. The average Bonchev–Trinajstić information content (AvgIpc) is 2.74. The summed E-state index contributed by atoms with van der Waals surface area (Å²) in [6.45, 7) is 0.211. The number of amides is 1. The van der Waals surface area contributed by atoms with E-state index in [4.69, 9.17) is 16.3 Å². The van der Waals surface area contributed by atoms with E-state index >= 15 is 0 Å². The maximum atomic E-state index is 13.3. The Labute approximate surface area is 176 Å². The van der Waals surface area contributed by atoms with E-state index in [-0.39, 0.29) is 53.1 Å². The minimum atomic E-state index is -3.90. The van der Waals surface area contributed by atoms with Gasteiger partial charge in [-0.25, -0.2) is 12.8 Å². The van der Waals surface area contributed by atoms with E-state index in [1.807, 2.05) is 0 Å². The van der Waals surface area contributed by atoms with Gasteiger partial charge in [0, 0.05) is 37.8 Å².